The number of benzene rings is 2. The van der Waals surface area contributed by atoms with Gasteiger partial charge in [0.05, 0.1) is 32.5 Å². The largest absolute Gasteiger partial charge is 0.372 e. The molecule has 0 spiro atoms. The van der Waals surface area contributed by atoms with Gasteiger partial charge in [-0.2, -0.15) is 17.7 Å². The smallest absolute Gasteiger partial charge is 0.252 e. The zero-order valence-electron chi connectivity index (χ0n) is 19.0. The first kappa shape index (κ1) is 25.2. The van der Waals surface area contributed by atoms with E-state index in [-0.39, 0.29) is 11.8 Å². The van der Waals surface area contributed by atoms with Crippen LogP contribution in [0.15, 0.2) is 30.5 Å². The second kappa shape index (κ2) is 10.4. The van der Waals surface area contributed by atoms with Crippen LogP contribution < -0.4 is 16.0 Å². The number of fused-ring (bicyclic) bond motifs is 3. The number of aromatic amines is 1. The maximum Gasteiger partial charge on any atom is 0.252 e. The van der Waals surface area contributed by atoms with E-state index >= 15 is 0 Å². The summed E-state index contributed by atoms with van der Waals surface area (Å²) in [5.74, 6) is 0.0122. The van der Waals surface area contributed by atoms with E-state index in [4.69, 9.17) is 11.6 Å². The van der Waals surface area contributed by atoms with Gasteiger partial charge in [-0.3, -0.25) is 20.0 Å². The average molecular weight is 535 g/mol. The predicted octanol–water partition coefficient (Wildman–Crippen LogP) is 5.17. The molecule has 35 heavy (non-hydrogen) atoms. The lowest BCUT2D eigenvalue weighted by atomic mass is 10.0. The molecule has 0 aliphatic heterocycles. The van der Waals surface area contributed by atoms with Gasteiger partial charge in [0.2, 0.25) is 0 Å². The Morgan fingerprint density at radius 3 is 2.83 bits per heavy atom. The molecule has 4 aromatic rings. The van der Waals surface area contributed by atoms with Crippen molar-refractivity contribution in [1.29, 1.82) is 0 Å². The minimum atomic E-state index is -1.07. The topological polar surface area (TPSA) is 112 Å². The van der Waals surface area contributed by atoms with Crippen LogP contribution in [-0.2, 0) is 11.5 Å². The van der Waals surface area contributed by atoms with Crippen LogP contribution in [-0.4, -0.2) is 44.8 Å². The summed E-state index contributed by atoms with van der Waals surface area (Å²) in [6.07, 6.45) is 2.39. The van der Waals surface area contributed by atoms with E-state index in [9.17, 15) is 14.0 Å². The van der Waals surface area contributed by atoms with E-state index < -0.39 is 12.2 Å². The molecule has 2 heterocycles. The number of carbonyl (C=O) groups excluding carboxylic acids is 2. The molecule has 0 saturated carbocycles. The summed E-state index contributed by atoms with van der Waals surface area (Å²) in [5, 5.41) is 17.1. The van der Waals surface area contributed by atoms with Crippen molar-refractivity contribution in [2.24, 2.45) is 0 Å². The molecule has 0 radical (unpaired) electrons. The average Bonchev–Trinajstić information content (AvgIpc) is 3.46. The van der Waals surface area contributed by atoms with E-state index in [1.54, 1.807) is 44.3 Å². The second-order valence-electron chi connectivity index (χ2n) is 8.43. The van der Waals surface area contributed by atoms with Crippen LogP contribution in [0.3, 0.4) is 0 Å². The Morgan fingerprint density at radius 2 is 2.09 bits per heavy atom. The molecule has 12 heteroatoms. The quantitative estimate of drug-likeness (QED) is 0.150. The van der Waals surface area contributed by atoms with Crippen molar-refractivity contribution in [3.8, 4) is 0 Å². The van der Waals surface area contributed by atoms with E-state index in [1.807, 2.05) is 0 Å². The lowest BCUT2D eigenvalue weighted by Crippen LogP contribution is -2.44. The van der Waals surface area contributed by atoms with Crippen LogP contribution in [0.25, 0.3) is 21.1 Å². The molecular weight excluding hydrogens is 511 g/mol. The normalized spacial score (nSPS) is 11.7. The minimum absolute atomic E-state index is 0.300. The minimum Gasteiger partial charge on any atom is -0.372 e. The molecule has 0 atom stereocenters. The molecule has 0 aliphatic rings. The van der Waals surface area contributed by atoms with E-state index in [1.165, 1.54) is 11.3 Å². The number of amides is 2. The number of rotatable bonds is 9. The number of hydrogen-bond acceptors (Lipinski definition) is 7. The van der Waals surface area contributed by atoms with E-state index in [0.29, 0.717) is 50.3 Å². The number of thiol groups is 1. The highest BCUT2D eigenvalue weighted by Crippen LogP contribution is 2.35. The Morgan fingerprint density at radius 1 is 1.29 bits per heavy atom. The first-order valence-corrected chi connectivity index (χ1v) is 12.7. The molecule has 2 amide bonds. The number of thiazole rings is 1. The molecule has 0 aliphatic carbocycles. The molecule has 0 saturated heterocycles. The number of nitrogens with one attached hydrogen (secondary N) is 4. The summed E-state index contributed by atoms with van der Waals surface area (Å²) in [6, 6.07) is 6.58. The summed E-state index contributed by atoms with van der Waals surface area (Å²) >= 11 is 11.6. The summed E-state index contributed by atoms with van der Waals surface area (Å²) in [5.41, 5.74) is 1.42. The lowest BCUT2D eigenvalue weighted by Gasteiger charge is -2.26. The molecule has 0 fully saturated rings. The number of hydrogen-bond donors (Lipinski definition) is 5. The highest BCUT2D eigenvalue weighted by Gasteiger charge is 2.29. The van der Waals surface area contributed by atoms with Gasteiger partial charge in [-0.05, 0) is 50.3 Å². The monoisotopic (exact) mass is 534 g/mol. The van der Waals surface area contributed by atoms with Gasteiger partial charge in [-0.15, -0.1) is 0 Å². The number of carbonyl (C=O) groups is 2. The van der Waals surface area contributed by atoms with Gasteiger partial charge in [0.15, 0.2) is 5.13 Å². The number of aromatic nitrogens is 3. The number of H-pyrrole nitrogens is 1. The first-order valence-electron chi connectivity index (χ1n) is 10.8. The number of anilines is 2. The number of nitrogens with zero attached hydrogens (tertiary/aromatic N) is 2. The fraction of sp³-hybridized carbons (Fsp3) is 0.304. The number of alkyl halides is 1. The van der Waals surface area contributed by atoms with Crippen LogP contribution in [0, 0.1) is 0 Å². The molecule has 0 bridgehead atoms. The Labute approximate surface area is 215 Å². The van der Waals surface area contributed by atoms with Gasteiger partial charge in [0, 0.05) is 23.2 Å². The highest BCUT2D eigenvalue weighted by atomic mass is 35.5. The van der Waals surface area contributed by atoms with Crippen LogP contribution in [0.5, 0.6) is 0 Å². The zero-order valence-corrected chi connectivity index (χ0v) is 21.5. The second-order valence-corrected chi connectivity index (χ2v) is 10.3. The highest BCUT2D eigenvalue weighted by molar-refractivity contribution is 7.80. The summed E-state index contributed by atoms with van der Waals surface area (Å²) in [6.45, 7) is 3.22. The van der Waals surface area contributed by atoms with E-state index in [0.717, 1.165) is 16.5 Å². The van der Waals surface area contributed by atoms with Crippen molar-refractivity contribution >= 4 is 79.3 Å². The Bertz CT molecular complexity index is 1400. The lowest BCUT2D eigenvalue weighted by molar-refractivity contribution is -0.119. The Hall–Kier alpha value is -2.89. The van der Waals surface area contributed by atoms with Crippen molar-refractivity contribution in [2.45, 2.75) is 32.5 Å². The Kier molecular flexibility index (Phi) is 7.48. The van der Waals surface area contributed by atoms with Gasteiger partial charge in [0.25, 0.3) is 11.8 Å². The molecule has 2 aromatic heterocycles. The molecule has 4 N–H and O–H groups in total. The van der Waals surface area contributed by atoms with Crippen LogP contribution in [0.2, 0.25) is 5.02 Å². The molecular formula is C23H24ClFN6O2S2. The van der Waals surface area contributed by atoms with Gasteiger partial charge in [-0.1, -0.05) is 22.9 Å². The standard InChI is InChI=1S/C23H24ClFN6O2S2/c1-23(2,30-13-4-5-16(24)14(9-13)20(32)26-6-3-7-34)21(33)29-22-28-18-12(10-25)8-17-15(11-27-31-17)19(18)35-22/h4-5,8-9,11,30,34H,3,6-7,10H2,1-2H3,(H,26,32)(H,27,31)(H,28,29,33). The van der Waals surface area contributed by atoms with Crippen molar-refractivity contribution in [2.75, 3.05) is 22.9 Å². The fourth-order valence-electron chi connectivity index (χ4n) is 3.53. The van der Waals surface area contributed by atoms with Crippen LogP contribution in [0.1, 0.15) is 36.2 Å². The molecule has 4 rings (SSSR count). The molecule has 0 unspecified atom stereocenters. The van der Waals surface area contributed by atoms with Gasteiger partial charge in [0.1, 0.15) is 12.2 Å². The van der Waals surface area contributed by atoms with E-state index in [2.05, 4.69) is 43.8 Å². The SMILES string of the molecule is CC(C)(Nc1ccc(Cl)c(C(=O)NCCCS)c1)C(=O)Nc1nc2c(CF)cc3[nH]ncc3c2s1. The van der Waals surface area contributed by atoms with Crippen LogP contribution in [0.4, 0.5) is 15.2 Å². The maximum atomic E-state index is 13.6. The third-order valence-electron chi connectivity index (χ3n) is 5.38. The van der Waals surface area contributed by atoms with Crippen molar-refractivity contribution in [3.63, 3.8) is 0 Å². The molecule has 2 aromatic carbocycles. The fourth-order valence-corrected chi connectivity index (χ4v) is 4.91. The zero-order chi connectivity index (χ0) is 25.2. The summed E-state index contributed by atoms with van der Waals surface area (Å²) < 4.78 is 14.3. The van der Waals surface area contributed by atoms with Crippen molar-refractivity contribution in [1.82, 2.24) is 20.5 Å². The first-order chi connectivity index (χ1) is 16.7. The third-order valence-corrected chi connectivity index (χ3v) is 7.03. The predicted molar refractivity (Wildman–Crippen MR) is 143 cm³/mol. The Balaban J connectivity index is 1.53. The van der Waals surface area contributed by atoms with Crippen molar-refractivity contribution in [3.05, 3.63) is 46.6 Å². The van der Waals surface area contributed by atoms with Gasteiger partial charge < -0.3 is 10.6 Å². The van der Waals surface area contributed by atoms with Crippen molar-refractivity contribution < 1.29 is 14.0 Å². The van der Waals surface area contributed by atoms with Gasteiger partial charge in [-0.25, -0.2) is 9.37 Å². The maximum absolute atomic E-state index is 13.6. The molecule has 8 nitrogen and oxygen atoms in total. The summed E-state index contributed by atoms with van der Waals surface area (Å²) in [4.78, 5) is 30.1. The summed E-state index contributed by atoms with van der Waals surface area (Å²) in [7, 11) is 0. The van der Waals surface area contributed by atoms with Crippen LogP contribution >= 0.6 is 35.6 Å². The third kappa shape index (κ3) is 5.36. The number of halogens is 2. The van der Waals surface area contributed by atoms with Gasteiger partial charge >= 0.3 is 0 Å². The molecule has 184 valence electrons.